The maximum atomic E-state index is 12.9. The molecule has 0 bridgehead atoms. The van der Waals surface area contributed by atoms with Gasteiger partial charge < -0.3 is 44.5 Å². The quantitative estimate of drug-likeness (QED) is 0.138. The SMILES string of the molecule is COC1CC1C(O)C(O)OC1C(O[C@H]2CC[C@@]3(C)C(CC[C@]4(C)C3CC=C3[C@@H]5C[C@@H](C)CC[C@]5(C(=O)O)CC[C@]34C)[C@H]2C)OCC(O)C1O. The number of hydrogen-bond acceptors (Lipinski definition) is 9. The predicted molar refractivity (Wildman–Crippen MR) is 180 cm³/mol. The maximum Gasteiger partial charge on any atom is 0.310 e. The summed E-state index contributed by atoms with van der Waals surface area (Å²) in [6, 6.07) is 0. The molecule has 1 saturated heterocycles. The van der Waals surface area contributed by atoms with E-state index in [-0.39, 0.29) is 52.8 Å². The summed E-state index contributed by atoms with van der Waals surface area (Å²) >= 11 is 0. The molecule has 0 spiro atoms. The molecular weight excluding hydrogens is 628 g/mol. The molecule has 0 aromatic heterocycles. The second kappa shape index (κ2) is 12.8. The Balaban J connectivity index is 1.09. The second-order valence-electron chi connectivity index (χ2n) is 18.2. The van der Waals surface area contributed by atoms with Crippen LogP contribution in [0.2, 0.25) is 0 Å². The standard InChI is InChI=1S/C39H62O10/c1-20-9-14-39(35(44)45)16-15-37(4)24(25(39)17-20)7-8-29-36(3)12-11-27(21(2)23(36)10-13-38(29,37)5)48-34-32(31(42)26(40)19-47-34)49-33(43)30(41)22-18-28(22)46-6/h7,20-23,25-34,40-43H,8-19H2,1-6H3,(H,44,45)/t20-,21+,22?,23?,25-,26?,27-,28?,29?,30?,31?,32?,33?,34?,36-,37+,38+,39-/m0/s1. The summed E-state index contributed by atoms with van der Waals surface area (Å²) in [6.07, 6.45) is 4.75. The minimum Gasteiger partial charge on any atom is -0.481 e. The Labute approximate surface area is 291 Å². The van der Waals surface area contributed by atoms with Crippen molar-refractivity contribution in [3.63, 3.8) is 0 Å². The first-order chi connectivity index (χ1) is 23.1. The van der Waals surface area contributed by atoms with Crippen LogP contribution >= 0.6 is 0 Å². The first-order valence-electron chi connectivity index (χ1n) is 19.2. The van der Waals surface area contributed by atoms with Crippen molar-refractivity contribution in [3.8, 4) is 0 Å². The van der Waals surface area contributed by atoms with E-state index >= 15 is 0 Å². The van der Waals surface area contributed by atoms with Gasteiger partial charge in [0.05, 0.1) is 24.2 Å². The Morgan fingerprint density at radius 1 is 0.980 bits per heavy atom. The van der Waals surface area contributed by atoms with Crippen LogP contribution in [0.5, 0.6) is 0 Å². The number of aliphatic hydroxyl groups is 4. The van der Waals surface area contributed by atoms with Gasteiger partial charge in [0.25, 0.3) is 0 Å². The number of fused-ring (bicyclic) bond motifs is 7. The van der Waals surface area contributed by atoms with Crippen LogP contribution in [0.4, 0.5) is 0 Å². The highest BCUT2D eigenvalue weighted by molar-refractivity contribution is 5.76. The zero-order valence-electron chi connectivity index (χ0n) is 30.4. The third kappa shape index (κ3) is 5.52. The first-order valence-corrected chi connectivity index (χ1v) is 19.2. The van der Waals surface area contributed by atoms with Gasteiger partial charge in [-0.3, -0.25) is 4.79 Å². The van der Waals surface area contributed by atoms with E-state index in [2.05, 4.69) is 40.7 Å². The lowest BCUT2D eigenvalue weighted by molar-refractivity contribution is -0.333. The number of rotatable bonds is 8. The van der Waals surface area contributed by atoms with E-state index in [1.165, 1.54) is 5.57 Å². The molecule has 10 heteroatoms. The summed E-state index contributed by atoms with van der Waals surface area (Å²) in [5.74, 6) is 0.911. The fourth-order valence-corrected chi connectivity index (χ4v) is 12.7. The number of allylic oxidation sites excluding steroid dienone is 2. The monoisotopic (exact) mass is 690 g/mol. The van der Waals surface area contributed by atoms with Crippen molar-refractivity contribution in [2.24, 2.45) is 57.2 Å². The number of ether oxygens (including phenoxy) is 4. The highest BCUT2D eigenvalue weighted by atomic mass is 16.7. The fraction of sp³-hybridized carbons (Fsp3) is 0.923. The molecular formula is C39H62O10. The van der Waals surface area contributed by atoms with E-state index in [0.29, 0.717) is 24.2 Å². The Morgan fingerprint density at radius 2 is 1.73 bits per heavy atom. The highest BCUT2D eigenvalue weighted by Crippen LogP contribution is 2.74. The number of hydrogen-bond donors (Lipinski definition) is 5. The number of carbonyl (C=O) groups is 1. The minimum atomic E-state index is -1.59. The molecule has 49 heavy (non-hydrogen) atoms. The Hall–Kier alpha value is -1.11. The summed E-state index contributed by atoms with van der Waals surface area (Å²) in [5.41, 5.74) is 0.976. The van der Waals surface area contributed by atoms with Crippen molar-refractivity contribution in [1.82, 2.24) is 0 Å². The molecule has 6 fully saturated rings. The molecule has 0 aromatic rings. The molecule has 0 amide bonds. The van der Waals surface area contributed by atoms with Gasteiger partial charge in [-0.15, -0.1) is 0 Å². The number of aliphatic hydroxyl groups excluding tert-OH is 4. The molecule has 5 N–H and O–H groups in total. The Morgan fingerprint density at radius 3 is 2.43 bits per heavy atom. The van der Waals surface area contributed by atoms with Crippen molar-refractivity contribution >= 4 is 5.97 Å². The Kier molecular flexibility index (Phi) is 9.46. The van der Waals surface area contributed by atoms with Crippen LogP contribution in [0.15, 0.2) is 11.6 Å². The Bertz CT molecular complexity index is 1290. The molecule has 1 heterocycles. The molecule has 7 aliphatic rings. The zero-order chi connectivity index (χ0) is 35.3. The average molecular weight is 691 g/mol. The predicted octanol–water partition coefficient (Wildman–Crippen LogP) is 4.66. The van der Waals surface area contributed by atoms with Crippen LogP contribution in [0, 0.1) is 57.2 Å². The van der Waals surface area contributed by atoms with E-state index in [1.807, 2.05) is 0 Å². The summed E-state index contributed by atoms with van der Waals surface area (Å²) in [4.78, 5) is 12.9. The van der Waals surface area contributed by atoms with E-state index in [1.54, 1.807) is 7.11 Å². The number of carboxylic acid groups (broad SMARTS) is 1. The molecule has 10 nitrogen and oxygen atoms in total. The van der Waals surface area contributed by atoms with Gasteiger partial charge in [-0.25, -0.2) is 0 Å². The van der Waals surface area contributed by atoms with Crippen molar-refractivity contribution in [1.29, 1.82) is 0 Å². The molecule has 0 aromatic carbocycles. The van der Waals surface area contributed by atoms with Crippen molar-refractivity contribution in [2.45, 2.75) is 154 Å². The van der Waals surface area contributed by atoms with E-state index in [0.717, 1.165) is 64.2 Å². The summed E-state index contributed by atoms with van der Waals surface area (Å²) < 4.78 is 23.6. The van der Waals surface area contributed by atoms with E-state index in [9.17, 15) is 30.3 Å². The lowest BCUT2D eigenvalue weighted by atomic mass is 9.35. The van der Waals surface area contributed by atoms with Crippen LogP contribution < -0.4 is 0 Å². The normalized spacial score (nSPS) is 53.6. The largest absolute Gasteiger partial charge is 0.481 e. The third-order valence-corrected chi connectivity index (χ3v) is 16.2. The van der Waals surface area contributed by atoms with Crippen LogP contribution in [-0.4, -0.2) is 94.4 Å². The topological polar surface area (TPSA) is 155 Å². The van der Waals surface area contributed by atoms with E-state index < -0.39 is 48.4 Å². The smallest absolute Gasteiger partial charge is 0.310 e. The molecule has 18 atom stereocenters. The third-order valence-electron chi connectivity index (χ3n) is 16.2. The summed E-state index contributed by atoms with van der Waals surface area (Å²) in [7, 11) is 1.56. The second-order valence-corrected chi connectivity index (χ2v) is 18.2. The summed E-state index contributed by atoms with van der Waals surface area (Å²) in [5, 5.41) is 53.3. The average Bonchev–Trinajstić information content (AvgIpc) is 3.85. The highest BCUT2D eigenvalue weighted by Gasteiger charge is 2.68. The molecule has 278 valence electrons. The maximum absolute atomic E-state index is 12.9. The molecule has 7 rings (SSSR count). The van der Waals surface area contributed by atoms with Gasteiger partial charge in [0, 0.05) is 13.0 Å². The van der Waals surface area contributed by atoms with Gasteiger partial charge in [0.1, 0.15) is 24.4 Å². The molecule has 6 aliphatic carbocycles. The van der Waals surface area contributed by atoms with Gasteiger partial charge in [-0.1, -0.05) is 46.3 Å². The molecule has 0 radical (unpaired) electrons. The van der Waals surface area contributed by atoms with Crippen LogP contribution in [0.25, 0.3) is 0 Å². The van der Waals surface area contributed by atoms with Gasteiger partial charge >= 0.3 is 5.97 Å². The van der Waals surface area contributed by atoms with Crippen molar-refractivity contribution in [3.05, 3.63) is 11.6 Å². The summed E-state index contributed by atoms with van der Waals surface area (Å²) in [6.45, 7) is 12.0. The van der Waals surface area contributed by atoms with Crippen LogP contribution in [0.3, 0.4) is 0 Å². The lowest BCUT2D eigenvalue weighted by Gasteiger charge is -2.70. The van der Waals surface area contributed by atoms with Crippen LogP contribution in [0.1, 0.15) is 105 Å². The fourth-order valence-electron chi connectivity index (χ4n) is 12.7. The first kappa shape index (κ1) is 36.3. The number of carboxylic acids is 1. The van der Waals surface area contributed by atoms with Gasteiger partial charge in [0.2, 0.25) is 0 Å². The number of aliphatic carboxylic acids is 1. The van der Waals surface area contributed by atoms with Crippen molar-refractivity contribution < 1.29 is 49.3 Å². The van der Waals surface area contributed by atoms with Gasteiger partial charge in [0.15, 0.2) is 12.6 Å². The number of methoxy groups -OCH3 is 1. The lowest BCUT2D eigenvalue weighted by Crippen LogP contribution is -2.64. The van der Waals surface area contributed by atoms with Crippen LogP contribution in [-0.2, 0) is 23.7 Å². The van der Waals surface area contributed by atoms with E-state index in [4.69, 9.17) is 18.9 Å². The molecule has 5 saturated carbocycles. The minimum absolute atomic E-state index is 0.0201. The van der Waals surface area contributed by atoms with Gasteiger partial charge in [-0.05, 0) is 116 Å². The molecule has 10 unspecified atom stereocenters. The zero-order valence-corrected chi connectivity index (χ0v) is 30.4. The van der Waals surface area contributed by atoms with Gasteiger partial charge in [-0.2, -0.15) is 0 Å². The molecule has 1 aliphatic heterocycles. The van der Waals surface area contributed by atoms with Crippen molar-refractivity contribution in [2.75, 3.05) is 13.7 Å².